The monoisotopic (exact) mass is 1320 g/mol. The van der Waals surface area contributed by atoms with Gasteiger partial charge in [-0.2, -0.15) is 0 Å². The van der Waals surface area contributed by atoms with Crippen molar-refractivity contribution in [1.82, 2.24) is 0 Å². The molecule has 0 aliphatic heterocycles. The van der Waals surface area contributed by atoms with Gasteiger partial charge in [0.1, 0.15) is 19.3 Å². The molecule has 6 atom stereocenters. The summed E-state index contributed by atoms with van der Waals surface area (Å²) >= 11 is 0. The van der Waals surface area contributed by atoms with Gasteiger partial charge < -0.3 is 33.8 Å². The highest BCUT2D eigenvalue weighted by molar-refractivity contribution is 7.47. The molecule has 0 aromatic heterocycles. The van der Waals surface area contributed by atoms with Crippen LogP contribution in [0.4, 0.5) is 0 Å². The van der Waals surface area contributed by atoms with Crippen LogP contribution in [0.3, 0.4) is 0 Å². The Morgan fingerprint density at radius 2 is 0.567 bits per heavy atom. The molecule has 0 amide bonds. The van der Waals surface area contributed by atoms with E-state index in [1.807, 2.05) is 0 Å². The number of aliphatic hydroxyl groups excluding tert-OH is 1. The summed E-state index contributed by atoms with van der Waals surface area (Å²) in [6.07, 6.45) is 46.2. The molecule has 0 saturated heterocycles. The third-order valence-electron chi connectivity index (χ3n) is 16.7. The molecule has 0 aromatic rings. The van der Waals surface area contributed by atoms with Crippen molar-refractivity contribution in [2.24, 2.45) is 17.8 Å². The van der Waals surface area contributed by atoms with Crippen molar-refractivity contribution in [2.75, 3.05) is 39.6 Å². The molecule has 0 saturated carbocycles. The number of unbranched alkanes of at least 4 members (excludes halogenated alkanes) is 36. The van der Waals surface area contributed by atoms with E-state index < -0.39 is 97.5 Å². The fraction of sp³-hybridized carbons (Fsp3) is 0.944. The first-order valence-corrected chi connectivity index (χ1v) is 39.9. The van der Waals surface area contributed by atoms with E-state index in [4.69, 9.17) is 37.0 Å². The normalized spacial score (nSPS) is 14.5. The average molecular weight is 1330 g/mol. The Balaban J connectivity index is 5.12. The summed E-state index contributed by atoms with van der Waals surface area (Å²) < 4.78 is 68.1. The zero-order chi connectivity index (χ0) is 66.6. The summed E-state index contributed by atoms with van der Waals surface area (Å²) in [5, 5.41) is 10.6. The van der Waals surface area contributed by atoms with E-state index in [1.54, 1.807) is 0 Å². The molecule has 0 spiro atoms. The second-order valence-corrected chi connectivity index (χ2v) is 29.7. The van der Waals surface area contributed by atoms with Gasteiger partial charge in [0.2, 0.25) is 0 Å². The maximum Gasteiger partial charge on any atom is 0.472 e. The van der Waals surface area contributed by atoms with Crippen molar-refractivity contribution in [3.8, 4) is 0 Å². The van der Waals surface area contributed by atoms with Crippen LogP contribution in [0.25, 0.3) is 0 Å². The average Bonchev–Trinajstić information content (AvgIpc) is 3.05. The number of carbonyl (C=O) groups is 4. The minimum absolute atomic E-state index is 0.103. The predicted molar refractivity (Wildman–Crippen MR) is 363 cm³/mol. The highest BCUT2D eigenvalue weighted by Crippen LogP contribution is 2.45. The summed E-state index contributed by atoms with van der Waals surface area (Å²) in [6, 6.07) is 0. The standard InChI is InChI=1S/C71H138O17P2/c1-8-10-11-12-28-38-45-52-68(73)81-58-66(88-71(76)55-48-41-34-27-30-36-43-50-63(5)6)60-85-89(77,78)83-56-65(72)57-84-90(79,80)86-61-67(59-82-69(74)53-46-39-32-26-25-29-35-42-49-62(3)4)87-70(75)54-47-40-33-24-22-20-18-16-14-13-15-17-19-21-23-31-37-44-51-64(7)9-2/h62-67,72H,8-61H2,1-7H3,(H,77,78)(H,79,80)/t64?,65-,66+,67+/m0/s1. The number of rotatable bonds is 69. The zero-order valence-electron chi connectivity index (χ0n) is 58.6. The Kier molecular flexibility index (Phi) is 60.6. The molecular formula is C71H138O17P2. The van der Waals surface area contributed by atoms with Crippen molar-refractivity contribution in [3.05, 3.63) is 0 Å². The third-order valence-corrected chi connectivity index (χ3v) is 18.6. The quantitative estimate of drug-likeness (QED) is 0.0222. The lowest BCUT2D eigenvalue weighted by atomic mass is 9.99. The lowest BCUT2D eigenvalue weighted by Crippen LogP contribution is -2.30. The molecule has 0 bridgehead atoms. The Labute approximate surface area is 549 Å². The second-order valence-electron chi connectivity index (χ2n) is 26.8. The number of aliphatic hydroxyl groups is 1. The molecule has 0 aliphatic rings. The number of hydrogen-bond acceptors (Lipinski definition) is 15. The van der Waals surface area contributed by atoms with Gasteiger partial charge in [-0.25, -0.2) is 9.13 Å². The molecule has 90 heavy (non-hydrogen) atoms. The summed E-state index contributed by atoms with van der Waals surface area (Å²) in [7, 11) is -9.89. The summed E-state index contributed by atoms with van der Waals surface area (Å²) in [5.74, 6) is 0.159. The maximum absolute atomic E-state index is 13.0. The van der Waals surface area contributed by atoms with E-state index in [0.717, 1.165) is 115 Å². The van der Waals surface area contributed by atoms with Gasteiger partial charge in [0.25, 0.3) is 0 Å². The molecule has 0 aliphatic carbocycles. The first kappa shape index (κ1) is 88.1. The summed E-state index contributed by atoms with van der Waals surface area (Å²) in [4.78, 5) is 72.3. The first-order valence-electron chi connectivity index (χ1n) is 36.9. The van der Waals surface area contributed by atoms with Gasteiger partial charge in [-0.15, -0.1) is 0 Å². The second kappa shape index (κ2) is 61.9. The molecule has 0 fully saturated rings. The Bertz CT molecular complexity index is 1770. The molecule has 19 heteroatoms. The molecule has 0 radical (unpaired) electrons. The zero-order valence-corrected chi connectivity index (χ0v) is 60.4. The fourth-order valence-electron chi connectivity index (χ4n) is 10.7. The number of hydrogen-bond donors (Lipinski definition) is 3. The lowest BCUT2D eigenvalue weighted by Gasteiger charge is -2.21. The highest BCUT2D eigenvalue weighted by atomic mass is 31.2. The van der Waals surface area contributed by atoms with Crippen molar-refractivity contribution >= 4 is 39.5 Å². The van der Waals surface area contributed by atoms with Crippen LogP contribution < -0.4 is 0 Å². The van der Waals surface area contributed by atoms with Crippen molar-refractivity contribution in [3.63, 3.8) is 0 Å². The Hall–Kier alpha value is -1.94. The van der Waals surface area contributed by atoms with E-state index in [2.05, 4.69) is 48.5 Å². The Morgan fingerprint density at radius 1 is 0.322 bits per heavy atom. The molecule has 17 nitrogen and oxygen atoms in total. The van der Waals surface area contributed by atoms with Gasteiger partial charge >= 0.3 is 39.5 Å². The predicted octanol–water partition coefficient (Wildman–Crippen LogP) is 20.2. The van der Waals surface area contributed by atoms with Crippen LogP contribution in [0.5, 0.6) is 0 Å². The van der Waals surface area contributed by atoms with Crippen molar-refractivity contribution in [1.29, 1.82) is 0 Å². The van der Waals surface area contributed by atoms with Crippen LogP contribution in [0, 0.1) is 17.8 Å². The molecule has 3 N–H and O–H groups in total. The van der Waals surface area contributed by atoms with Crippen LogP contribution >= 0.6 is 15.6 Å². The molecule has 3 unspecified atom stereocenters. The number of phosphoric ester groups is 2. The van der Waals surface area contributed by atoms with Crippen LogP contribution in [0.15, 0.2) is 0 Å². The van der Waals surface area contributed by atoms with Gasteiger partial charge in [-0.1, -0.05) is 305 Å². The smallest absolute Gasteiger partial charge is 0.462 e. The van der Waals surface area contributed by atoms with Crippen molar-refractivity contribution < 1.29 is 80.2 Å². The van der Waals surface area contributed by atoms with Crippen molar-refractivity contribution in [2.45, 2.75) is 375 Å². The number of ether oxygens (including phenoxy) is 4. The van der Waals surface area contributed by atoms with E-state index in [1.165, 1.54) is 154 Å². The van der Waals surface area contributed by atoms with Gasteiger partial charge in [-0.3, -0.25) is 37.3 Å². The Morgan fingerprint density at radius 3 is 0.844 bits per heavy atom. The molecule has 0 rings (SSSR count). The minimum atomic E-state index is -4.95. The van der Waals surface area contributed by atoms with E-state index in [9.17, 15) is 43.2 Å². The maximum atomic E-state index is 13.0. The topological polar surface area (TPSA) is 237 Å². The van der Waals surface area contributed by atoms with Gasteiger partial charge in [-0.05, 0) is 43.4 Å². The van der Waals surface area contributed by atoms with Gasteiger partial charge in [0.15, 0.2) is 12.2 Å². The molecule has 0 aromatic carbocycles. The van der Waals surface area contributed by atoms with E-state index >= 15 is 0 Å². The lowest BCUT2D eigenvalue weighted by molar-refractivity contribution is -0.161. The van der Waals surface area contributed by atoms with E-state index in [0.29, 0.717) is 31.6 Å². The summed E-state index contributed by atoms with van der Waals surface area (Å²) in [5.41, 5.74) is 0. The number of esters is 4. The largest absolute Gasteiger partial charge is 0.472 e. The number of phosphoric acid groups is 2. The van der Waals surface area contributed by atoms with Crippen LogP contribution in [-0.2, 0) is 65.4 Å². The third kappa shape index (κ3) is 63.5. The minimum Gasteiger partial charge on any atom is -0.462 e. The number of carbonyl (C=O) groups excluding carboxylic acids is 4. The van der Waals surface area contributed by atoms with Gasteiger partial charge in [0, 0.05) is 25.7 Å². The van der Waals surface area contributed by atoms with Gasteiger partial charge in [0.05, 0.1) is 26.4 Å². The molecule has 0 heterocycles. The van der Waals surface area contributed by atoms with Crippen LogP contribution in [0.2, 0.25) is 0 Å². The fourth-order valence-corrected chi connectivity index (χ4v) is 12.3. The summed E-state index contributed by atoms with van der Waals surface area (Å²) in [6.45, 7) is 11.8. The first-order chi connectivity index (χ1) is 43.3. The van der Waals surface area contributed by atoms with Crippen LogP contribution in [0.1, 0.15) is 357 Å². The van der Waals surface area contributed by atoms with E-state index in [-0.39, 0.29) is 25.7 Å². The molecule has 534 valence electrons. The van der Waals surface area contributed by atoms with Crippen LogP contribution in [-0.4, -0.2) is 96.7 Å². The SMILES string of the molecule is CCCCCCCCCC(=O)OC[C@H](COP(=O)(O)OC[C@H](O)COP(=O)(O)OC[C@@H](COC(=O)CCCCCCCCCCC(C)C)OC(=O)CCCCCCCCCCCCCCCCCCCCC(C)CC)OC(=O)CCCCCCCCCC(C)C. The highest BCUT2D eigenvalue weighted by Gasteiger charge is 2.30. The molecular weight excluding hydrogens is 1190 g/mol.